The summed E-state index contributed by atoms with van der Waals surface area (Å²) in [7, 11) is 0. The van der Waals surface area contributed by atoms with Crippen LogP contribution >= 0.6 is 39.1 Å². The molecule has 0 saturated carbocycles. The van der Waals surface area contributed by atoms with Gasteiger partial charge in [0.05, 0.1) is 9.85 Å². The molecular weight excluding hydrogens is 299 g/mol. The lowest BCUT2D eigenvalue weighted by Gasteiger charge is -2.08. The standard InChI is InChI=1S/C11H11BrCl2O/c1-2-3-9(12)11(15)8-5-4-7(13)6-10(8)14/h4-6,9H,2-3H2,1H3/t9-/m1/s1. The Morgan fingerprint density at radius 2 is 2.13 bits per heavy atom. The van der Waals surface area contributed by atoms with Crippen molar-refractivity contribution in [2.75, 3.05) is 0 Å². The number of rotatable bonds is 4. The van der Waals surface area contributed by atoms with Gasteiger partial charge in [-0.3, -0.25) is 4.79 Å². The van der Waals surface area contributed by atoms with Crippen LogP contribution in [-0.4, -0.2) is 10.6 Å². The highest BCUT2D eigenvalue weighted by atomic mass is 79.9. The molecule has 15 heavy (non-hydrogen) atoms. The van der Waals surface area contributed by atoms with E-state index in [2.05, 4.69) is 15.9 Å². The zero-order chi connectivity index (χ0) is 11.4. The summed E-state index contributed by atoms with van der Waals surface area (Å²) < 4.78 is 0. The van der Waals surface area contributed by atoms with Crippen LogP contribution in [0.1, 0.15) is 30.1 Å². The minimum atomic E-state index is -0.166. The number of carbonyl (C=O) groups excluding carboxylic acids is 1. The lowest BCUT2D eigenvalue weighted by atomic mass is 10.1. The number of Topliss-reactive ketones (excluding diaryl/α,β-unsaturated/α-hetero) is 1. The molecule has 0 radical (unpaired) electrons. The SMILES string of the molecule is CCC[C@@H](Br)C(=O)c1ccc(Cl)cc1Cl. The maximum atomic E-state index is 11.9. The van der Waals surface area contributed by atoms with Crippen molar-refractivity contribution in [1.82, 2.24) is 0 Å². The van der Waals surface area contributed by atoms with Gasteiger partial charge in [-0.1, -0.05) is 52.5 Å². The van der Waals surface area contributed by atoms with Crippen LogP contribution in [0.2, 0.25) is 10.0 Å². The highest BCUT2D eigenvalue weighted by Gasteiger charge is 2.18. The molecule has 0 amide bonds. The van der Waals surface area contributed by atoms with Crippen molar-refractivity contribution in [2.45, 2.75) is 24.6 Å². The Balaban J connectivity index is 2.91. The van der Waals surface area contributed by atoms with E-state index in [1.54, 1.807) is 18.2 Å². The fourth-order valence-electron chi connectivity index (χ4n) is 1.24. The van der Waals surface area contributed by atoms with Crippen LogP contribution in [0.5, 0.6) is 0 Å². The van der Waals surface area contributed by atoms with Crippen molar-refractivity contribution in [2.24, 2.45) is 0 Å². The highest BCUT2D eigenvalue weighted by molar-refractivity contribution is 9.10. The van der Waals surface area contributed by atoms with Crippen molar-refractivity contribution in [3.05, 3.63) is 33.8 Å². The number of halogens is 3. The van der Waals surface area contributed by atoms with E-state index in [0.29, 0.717) is 15.6 Å². The van der Waals surface area contributed by atoms with Crippen LogP contribution in [0.4, 0.5) is 0 Å². The Morgan fingerprint density at radius 1 is 1.47 bits per heavy atom. The number of ketones is 1. The third kappa shape index (κ3) is 3.47. The van der Waals surface area contributed by atoms with Crippen LogP contribution in [0.25, 0.3) is 0 Å². The van der Waals surface area contributed by atoms with Crippen LogP contribution in [-0.2, 0) is 0 Å². The van der Waals surface area contributed by atoms with Gasteiger partial charge in [-0.2, -0.15) is 0 Å². The van der Waals surface area contributed by atoms with Crippen molar-refractivity contribution < 1.29 is 4.79 Å². The topological polar surface area (TPSA) is 17.1 Å². The van der Waals surface area contributed by atoms with Gasteiger partial charge >= 0.3 is 0 Å². The predicted octanol–water partition coefficient (Wildman–Crippen LogP) is 4.74. The van der Waals surface area contributed by atoms with Crippen LogP contribution in [0, 0.1) is 0 Å². The summed E-state index contributed by atoms with van der Waals surface area (Å²) >= 11 is 15.0. The Bertz CT molecular complexity index is 366. The zero-order valence-electron chi connectivity index (χ0n) is 8.27. The van der Waals surface area contributed by atoms with E-state index in [4.69, 9.17) is 23.2 Å². The van der Waals surface area contributed by atoms with Gasteiger partial charge in [0.25, 0.3) is 0 Å². The van der Waals surface area contributed by atoms with Crippen LogP contribution < -0.4 is 0 Å². The van der Waals surface area contributed by atoms with Gasteiger partial charge in [0.15, 0.2) is 5.78 Å². The largest absolute Gasteiger partial charge is 0.293 e. The molecule has 0 N–H and O–H groups in total. The highest BCUT2D eigenvalue weighted by Crippen LogP contribution is 2.24. The van der Waals surface area contributed by atoms with Gasteiger partial charge in [0.2, 0.25) is 0 Å². The van der Waals surface area contributed by atoms with E-state index in [-0.39, 0.29) is 10.6 Å². The molecule has 0 fully saturated rings. The molecule has 4 heteroatoms. The maximum Gasteiger partial charge on any atom is 0.177 e. The Hall–Kier alpha value is -0.0500. The normalized spacial score (nSPS) is 12.5. The van der Waals surface area contributed by atoms with Crippen molar-refractivity contribution in [1.29, 1.82) is 0 Å². The van der Waals surface area contributed by atoms with Crippen molar-refractivity contribution >= 4 is 44.9 Å². The second-order valence-electron chi connectivity index (χ2n) is 3.24. The molecule has 1 nitrogen and oxygen atoms in total. The monoisotopic (exact) mass is 308 g/mol. The molecule has 82 valence electrons. The summed E-state index contributed by atoms with van der Waals surface area (Å²) in [6.45, 7) is 2.03. The predicted molar refractivity (Wildman–Crippen MR) is 68.4 cm³/mol. The van der Waals surface area contributed by atoms with Crippen molar-refractivity contribution in [3.63, 3.8) is 0 Å². The van der Waals surface area contributed by atoms with E-state index in [9.17, 15) is 4.79 Å². The smallest absolute Gasteiger partial charge is 0.177 e. The quantitative estimate of drug-likeness (QED) is 0.580. The molecule has 0 spiro atoms. The summed E-state index contributed by atoms with van der Waals surface area (Å²) in [5.41, 5.74) is 0.524. The van der Waals surface area contributed by atoms with E-state index < -0.39 is 0 Å². The average Bonchev–Trinajstić information content (AvgIpc) is 2.17. The molecule has 0 unspecified atom stereocenters. The molecular formula is C11H11BrCl2O. The summed E-state index contributed by atoms with van der Waals surface area (Å²) in [5, 5.41) is 0.950. The molecule has 1 aromatic carbocycles. The van der Waals surface area contributed by atoms with Gasteiger partial charge in [-0.05, 0) is 24.6 Å². The number of alkyl halides is 1. The van der Waals surface area contributed by atoms with Gasteiger partial charge in [0, 0.05) is 10.6 Å². The Kier molecular flexibility index (Phi) is 5.10. The second kappa shape index (κ2) is 5.88. The maximum absolute atomic E-state index is 11.9. The van der Waals surface area contributed by atoms with Gasteiger partial charge in [-0.25, -0.2) is 0 Å². The molecule has 1 aromatic rings. The number of hydrogen-bond acceptors (Lipinski definition) is 1. The van der Waals surface area contributed by atoms with Gasteiger partial charge in [0.1, 0.15) is 0 Å². The summed E-state index contributed by atoms with van der Waals surface area (Å²) in [5.74, 6) is 0.0125. The van der Waals surface area contributed by atoms with Crippen LogP contribution in [0.3, 0.4) is 0 Å². The lowest BCUT2D eigenvalue weighted by molar-refractivity contribution is 0.0988. The first-order valence-electron chi connectivity index (χ1n) is 4.69. The number of benzene rings is 1. The fraction of sp³-hybridized carbons (Fsp3) is 0.364. The molecule has 0 saturated heterocycles. The Morgan fingerprint density at radius 3 is 2.67 bits per heavy atom. The van der Waals surface area contributed by atoms with Gasteiger partial charge in [-0.15, -0.1) is 0 Å². The fourth-order valence-corrected chi connectivity index (χ4v) is 2.45. The third-order valence-corrected chi connectivity index (χ3v) is 3.44. The van der Waals surface area contributed by atoms with Gasteiger partial charge < -0.3 is 0 Å². The number of hydrogen-bond donors (Lipinski definition) is 0. The minimum Gasteiger partial charge on any atom is -0.293 e. The summed E-state index contributed by atoms with van der Waals surface area (Å²) in [4.78, 5) is 11.7. The minimum absolute atomic E-state index is 0.0125. The molecule has 0 aliphatic rings. The van der Waals surface area contributed by atoms with E-state index in [0.717, 1.165) is 12.8 Å². The Labute approximate surface area is 108 Å². The molecule has 1 rings (SSSR count). The molecule has 0 aliphatic heterocycles. The molecule has 0 aliphatic carbocycles. The zero-order valence-corrected chi connectivity index (χ0v) is 11.4. The number of carbonyl (C=O) groups is 1. The molecule has 0 heterocycles. The molecule has 0 aromatic heterocycles. The third-order valence-electron chi connectivity index (χ3n) is 2.02. The second-order valence-corrected chi connectivity index (χ2v) is 5.19. The first kappa shape index (κ1) is 13.0. The molecule has 0 bridgehead atoms. The lowest BCUT2D eigenvalue weighted by Crippen LogP contribution is -2.14. The summed E-state index contributed by atoms with van der Waals surface area (Å²) in [6, 6.07) is 4.92. The average molecular weight is 310 g/mol. The van der Waals surface area contributed by atoms with Crippen LogP contribution in [0.15, 0.2) is 18.2 Å². The first-order valence-corrected chi connectivity index (χ1v) is 6.36. The van der Waals surface area contributed by atoms with Crippen molar-refractivity contribution in [3.8, 4) is 0 Å². The first-order chi connectivity index (χ1) is 7.06. The van der Waals surface area contributed by atoms with E-state index in [1.165, 1.54) is 0 Å². The summed E-state index contributed by atoms with van der Waals surface area (Å²) in [6.07, 6.45) is 1.75. The molecule has 1 atom stereocenters. The van der Waals surface area contributed by atoms with E-state index >= 15 is 0 Å². The van der Waals surface area contributed by atoms with E-state index in [1.807, 2.05) is 6.92 Å².